The number of anilines is 4. The number of nitrogens with zero attached hydrogens (tertiary/aromatic N) is 5. The summed E-state index contributed by atoms with van der Waals surface area (Å²) in [5.74, 6) is 3.17. The molecule has 3 aromatic rings. The summed E-state index contributed by atoms with van der Waals surface area (Å²) >= 11 is 0. The molecule has 0 bridgehead atoms. The molecule has 4 heterocycles. The maximum absolute atomic E-state index is 11.5. The van der Waals surface area contributed by atoms with Crippen molar-refractivity contribution in [1.82, 2.24) is 15.0 Å². The van der Waals surface area contributed by atoms with Crippen LogP contribution in [0.4, 0.5) is 23.3 Å². The van der Waals surface area contributed by atoms with Crippen molar-refractivity contribution < 1.29 is 19.4 Å². The number of hydrogen-bond donors (Lipinski definition) is 2. The topological polar surface area (TPSA) is 113 Å². The normalized spacial score (nSPS) is 19.6. The van der Waals surface area contributed by atoms with Crippen LogP contribution in [0.15, 0.2) is 54.9 Å². The fourth-order valence-electron chi connectivity index (χ4n) is 5.00. The number of nitrogens with one attached hydrogen (secondary N) is 1. The van der Waals surface area contributed by atoms with Crippen molar-refractivity contribution in [3.05, 3.63) is 54.9 Å². The molecule has 2 atom stereocenters. The summed E-state index contributed by atoms with van der Waals surface area (Å²) in [5.41, 5.74) is 0. The minimum atomic E-state index is -0.750. The number of aliphatic carboxylic acids is 1. The number of ether oxygens (including phenoxy) is 2. The summed E-state index contributed by atoms with van der Waals surface area (Å²) in [5, 5.41) is 12.7. The van der Waals surface area contributed by atoms with E-state index in [2.05, 4.69) is 15.2 Å². The number of piperidine rings is 2. The lowest BCUT2D eigenvalue weighted by molar-refractivity contribution is -0.141. The summed E-state index contributed by atoms with van der Waals surface area (Å²) in [7, 11) is 0. The number of hydrogen-bond acceptors (Lipinski definition) is 9. The number of carboxylic acid groups (broad SMARTS) is 1. The van der Waals surface area contributed by atoms with E-state index in [4.69, 9.17) is 19.4 Å². The summed E-state index contributed by atoms with van der Waals surface area (Å²) in [6, 6.07) is 13.5. The molecule has 0 saturated carbocycles. The second-order valence-electron chi connectivity index (χ2n) is 9.60. The molecule has 10 nitrogen and oxygen atoms in total. The van der Waals surface area contributed by atoms with Gasteiger partial charge in [0.05, 0.1) is 31.5 Å². The third-order valence-electron chi connectivity index (χ3n) is 6.85. The van der Waals surface area contributed by atoms with E-state index in [1.807, 2.05) is 54.3 Å². The van der Waals surface area contributed by atoms with Crippen molar-refractivity contribution in [1.29, 1.82) is 0 Å². The number of aromatic nitrogens is 3. The van der Waals surface area contributed by atoms with Gasteiger partial charge in [0.25, 0.3) is 0 Å². The average molecular weight is 519 g/mol. The molecule has 1 aromatic carbocycles. The van der Waals surface area contributed by atoms with Crippen LogP contribution in [-0.2, 0) is 4.79 Å². The van der Waals surface area contributed by atoms with Crippen molar-refractivity contribution in [3.63, 3.8) is 0 Å². The van der Waals surface area contributed by atoms with E-state index >= 15 is 0 Å². The molecule has 0 spiro atoms. The third kappa shape index (κ3) is 6.24. The highest BCUT2D eigenvalue weighted by Crippen LogP contribution is 2.30. The minimum absolute atomic E-state index is 0.0151. The van der Waals surface area contributed by atoms with Gasteiger partial charge in [-0.15, -0.1) is 0 Å². The van der Waals surface area contributed by atoms with Crippen molar-refractivity contribution in [2.45, 2.75) is 38.7 Å². The van der Waals surface area contributed by atoms with Crippen LogP contribution in [-0.4, -0.2) is 64.9 Å². The van der Waals surface area contributed by atoms with Crippen LogP contribution < -0.4 is 24.6 Å². The number of rotatable bonds is 9. The number of carbonyl (C=O) groups is 1. The molecular formula is C28H34N6O4. The molecule has 0 aliphatic carbocycles. The molecule has 0 radical (unpaired) electrons. The molecule has 2 aliphatic heterocycles. The van der Waals surface area contributed by atoms with Gasteiger partial charge in [-0.25, -0.2) is 9.97 Å². The van der Waals surface area contributed by atoms with Crippen LogP contribution in [0.3, 0.4) is 0 Å². The minimum Gasteiger partial charge on any atom is -0.490 e. The molecule has 2 N–H and O–H groups in total. The van der Waals surface area contributed by atoms with Gasteiger partial charge in [-0.1, -0.05) is 18.2 Å². The lowest BCUT2D eigenvalue weighted by Crippen LogP contribution is -2.41. The second-order valence-corrected chi connectivity index (χ2v) is 9.60. The number of benzene rings is 1. The zero-order valence-electron chi connectivity index (χ0n) is 21.6. The Bertz CT molecular complexity index is 1240. The molecule has 2 aliphatic rings. The van der Waals surface area contributed by atoms with E-state index in [-0.39, 0.29) is 12.0 Å². The first-order valence-corrected chi connectivity index (χ1v) is 13.3. The van der Waals surface area contributed by atoms with Gasteiger partial charge in [-0.05, 0) is 56.9 Å². The quantitative estimate of drug-likeness (QED) is 0.423. The number of para-hydroxylation sites is 2. The van der Waals surface area contributed by atoms with Gasteiger partial charge < -0.3 is 29.7 Å². The van der Waals surface area contributed by atoms with E-state index in [0.717, 1.165) is 55.5 Å². The first kappa shape index (κ1) is 25.6. The van der Waals surface area contributed by atoms with Crippen LogP contribution >= 0.6 is 0 Å². The van der Waals surface area contributed by atoms with Gasteiger partial charge in [-0.3, -0.25) is 9.78 Å². The van der Waals surface area contributed by atoms with Gasteiger partial charge in [0.1, 0.15) is 23.6 Å². The summed E-state index contributed by atoms with van der Waals surface area (Å²) in [4.78, 5) is 29.6. The standard InChI is InChI=1S/C28H34N6O4/c1-2-37-22-10-3-4-11-23(22)38-21-9-7-15-34(19-21)27-17-29-16-25(32-27)30-24-12-5-13-26(31-24)33-14-6-8-20(18-33)28(35)36/h3-5,10-13,16-17,20-21H,2,6-9,14-15,18-19H2,1H3,(H,35,36)(H,30,31,32)/t20?,21-/m1/s1. The molecule has 2 aromatic heterocycles. The molecular weight excluding hydrogens is 484 g/mol. The molecule has 10 heteroatoms. The lowest BCUT2D eigenvalue weighted by Gasteiger charge is -2.33. The molecule has 2 saturated heterocycles. The molecule has 200 valence electrons. The summed E-state index contributed by atoms with van der Waals surface area (Å²) in [6.45, 7) is 5.39. The van der Waals surface area contributed by atoms with Crippen LogP contribution in [0.1, 0.15) is 32.6 Å². The Morgan fingerprint density at radius 1 is 0.947 bits per heavy atom. The highest BCUT2D eigenvalue weighted by molar-refractivity contribution is 5.71. The molecule has 0 amide bonds. The Morgan fingerprint density at radius 2 is 1.71 bits per heavy atom. The van der Waals surface area contributed by atoms with Gasteiger partial charge in [0.15, 0.2) is 17.3 Å². The van der Waals surface area contributed by atoms with E-state index in [9.17, 15) is 9.90 Å². The van der Waals surface area contributed by atoms with Crippen LogP contribution in [0.25, 0.3) is 0 Å². The molecule has 2 fully saturated rings. The Balaban J connectivity index is 1.24. The van der Waals surface area contributed by atoms with E-state index < -0.39 is 5.97 Å². The van der Waals surface area contributed by atoms with Crippen LogP contribution in [0.5, 0.6) is 11.5 Å². The molecule has 1 unspecified atom stereocenters. The third-order valence-corrected chi connectivity index (χ3v) is 6.85. The first-order valence-electron chi connectivity index (χ1n) is 13.3. The number of pyridine rings is 1. The Hall–Kier alpha value is -4.08. The summed E-state index contributed by atoms with van der Waals surface area (Å²) in [6.07, 6.45) is 6.94. The van der Waals surface area contributed by atoms with Crippen molar-refractivity contribution in [2.24, 2.45) is 5.92 Å². The predicted molar refractivity (Wildman–Crippen MR) is 146 cm³/mol. The van der Waals surface area contributed by atoms with Crippen LogP contribution in [0, 0.1) is 5.92 Å². The second kappa shape index (κ2) is 12.0. The van der Waals surface area contributed by atoms with E-state index in [1.54, 1.807) is 12.4 Å². The van der Waals surface area contributed by atoms with Gasteiger partial charge >= 0.3 is 5.97 Å². The zero-order chi connectivity index (χ0) is 26.3. The molecule has 5 rings (SSSR count). The fraction of sp³-hybridized carbons (Fsp3) is 0.429. The highest BCUT2D eigenvalue weighted by Gasteiger charge is 2.26. The fourth-order valence-corrected chi connectivity index (χ4v) is 5.00. The monoisotopic (exact) mass is 518 g/mol. The van der Waals surface area contributed by atoms with Gasteiger partial charge in [0, 0.05) is 19.6 Å². The van der Waals surface area contributed by atoms with E-state index in [0.29, 0.717) is 37.8 Å². The van der Waals surface area contributed by atoms with Crippen molar-refractivity contribution >= 4 is 29.2 Å². The first-order chi connectivity index (χ1) is 18.6. The smallest absolute Gasteiger partial charge is 0.308 e. The lowest BCUT2D eigenvalue weighted by atomic mass is 9.98. The van der Waals surface area contributed by atoms with Crippen molar-refractivity contribution in [2.75, 3.05) is 47.9 Å². The number of carboxylic acids is 1. The largest absolute Gasteiger partial charge is 0.490 e. The van der Waals surface area contributed by atoms with Gasteiger partial charge in [0.2, 0.25) is 0 Å². The van der Waals surface area contributed by atoms with Crippen molar-refractivity contribution in [3.8, 4) is 11.5 Å². The zero-order valence-corrected chi connectivity index (χ0v) is 21.6. The Kier molecular flexibility index (Phi) is 8.06. The average Bonchev–Trinajstić information content (AvgIpc) is 2.95. The Labute approximate surface area is 222 Å². The Morgan fingerprint density at radius 3 is 2.53 bits per heavy atom. The summed E-state index contributed by atoms with van der Waals surface area (Å²) < 4.78 is 12.0. The predicted octanol–water partition coefficient (Wildman–Crippen LogP) is 4.36. The SMILES string of the molecule is CCOc1ccccc1O[C@@H]1CCCN(c2cncc(Nc3cccc(N4CCCC(C(=O)O)C4)n3)n2)C1. The molecule has 38 heavy (non-hydrogen) atoms. The maximum atomic E-state index is 11.5. The van der Waals surface area contributed by atoms with Crippen LogP contribution in [0.2, 0.25) is 0 Å². The highest BCUT2D eigenvalue weighted by atomic mass is 16.5. The van der Waals surface area contributed by atoms with Gasteiger partial charge in [-0.2, -0.15) is 0 Å². The maximum Gasteiger partial charge on any atom is 0.308 e. The van der Waals surface area contributed by atoms with E-state index in [1.165, 1.54) is 0 Å².